The number of nitrogens with one attached hydrogen (secondary N) is 1. The Labute approximate surface area is 133 Å². The summed E-state index contributed by atoms with van der Waals surface area (Å²) < 4.78 is 54.0. The number of sulfonamides is 1. The van der Waals surface area contributed by atoms with Crippen LogP contribution in [-0.4, -0.2) is 24.6 Å². The molecule has 2 N–H and O–H groups in total. The van der Waals surface area contributed by atoms with Crippen LogP contribution in [0.1, 0.15) is 23.8 Å². The largest absolute Gasteiger partial charge is 0.387 e. The zero-order chi connectivity index (χ0) is 17.0. The Morgan fingerprint density at radius 3 is 2.48 bits per heavy atom. The van der Waals surface area contributed by atoms with E-state index in [9.17, 15) is 22.3 Å². The summed E-state index contributed by atoms with van der Waals surface area (Å²) in [7, 11) is -1.97. The van der Waals surface area contributed by atoms with Crippen LogP contribution < -0.4 is 4.72 Å². The molecular formula is C15H18F2N2O3S. The van der Waals surface area contributed by atoms with Crippen molar-refractivity contribution in [2.75, 3.05) is 6.54 Å². The third kappa shape index (κ3) is 5.12. The van der Waals surface area contributed by atoms with Crippen molar-refractivity contribution in [3.05, 3.63) is 59.4 Å². The zero-order valence-electron chi connectivity index (χ0n) is 12.5. The van der Waals surface area contributed by atoms with Crippen molar-refractivity contribution in [1.82, 2.24) is 9.29 Å². The molecule has 8 heteroatoms. The molecule has 5 nitrogen and oxygen atoms in total. The molecule has 0 spiro atoms. The van der Waals surface area contributed by atoms with Crippen molar-refractivity contribution in [1.29, 1.82) is 0 Å². The molecule has 0 saturated heterocycles. The van der Waals surface area contributed by atoms with E-state index in [4.69, 9.17) is 0 Å². The number of benzene rings is 1. The van der Waals surface area contributed by atoms with Gasteiger partial charge < -0.3 is 9.67 Å². The van der Waals surface area contributed by atoms with Gasteiger partial charge in [-0.25, -0.2) is 21.9 Å². The Balaban J connectivity index is 1.90. The van der Waals surface area contributed by atoms with Gasteiger partial charge in [0.25, 0.3) is 0 Å². The van der Waals surface area contributed by atoms with E-state index in [0.717, 1.165) is 12.1 Å². The summed E-state index contributed by atoms with van der Waals surface area (Å²) in [6, 6.07) is 6.15. The fraction of sp³-hybridized carbons (Fsp3) is 0.333. The van der Waals surface area contributed by atoms with Crippen molar-refractivity contribution >= 4 is 10.0 Å². The second-order valence-electron chi connectivity index (χ2n) is 5.28. The molecule has 0 amide bonds. The molecule has 23 heavy (non-hydrogen) atoms. The maximum Gasteiger partial charge on any atom is 0.215 e. The number of aromatic nitrogens is 1. The van der Waals surface area contributed by atoms with Gasteiger partial charge in [0, 0.05) is 31.5 Å². The molecular weight excluding hydrogens is 326 g/mol. The summed E-state index contributed by atoms with van der Waals surface area (Å²) in [6.07, 6.45) is 1.17. The standard InChI is InChI=1S/C15H18F2N2O3S/c1-19-6-2-3-14(19)15(20)4-5-18-23(21,22)10-11-7-12(16)9-13(17)8-11/h2-3,6-9,15,18,20H,4-5,10H2,1H3. The maximum absolute atomic E-state index is 13.1. The van der Waals surface area contributed by atoms with Crippen LogP contribution in [-0.2, 0) is 22.8 Å². The topological polar surface area (TPSA) is 71.3 Å². The summed E-state index contributed by atoms with van der Waals surface area (Å²) in [5, 5.41) is 9.99. The van der Waals surface area contributed by atoms with Gasteiger partial charge in [0.15, 0.2) is 0 Å². The van der Waals surface area contributed by atoms with E-state index in [1.165, 1.54) is 0 Å². The van der Waals surface area contributed by atoms with Gasteiger partial charge in [0.05, 0.1) is 11.9 Å². The molecule has 0 fully saturated rings. The van der Waals surface area contributed by atoms with E-state index >= 15 is 0 Å². The molecule has 1 unspecified atom stereocenters. The first kappa shape index (κ1) is 17.6. The van der Waals surface area contributed by atoms with Gasteiger partial charge >= 0.3 is 0 Å². The van der Waals surface area contributed by atoms with E-state index in [-0.39, 0.29) is 18.5 Å². The van der Waals surface area contributed by atoms with Crippen molar-refractivity contribution in [3.8, 4) is 0 Å². The van der Waals surface area contributed by atoms with E-state index in [1.54, 1.807) is 29.9 Å². The predicted octanol–water partition coefficient (Wildman–Crippen LogP) is 1.85. The van der Waals surface area contributed by atoms with Crippen LogP contribution in [0.15, 0.2) is 36.5 Å². The first-order valence-electron chi connectivity index (χ1n) is 6.98. The Bertz CT molecular complexity index is 755. The highest BCUT2D eigenvalue weighted by atomic mass is 32.2. The minimum absolute atomic E-state index is 0.0203. The average Bonchev–Trinajstić information content (AvgIpc) is 2.82. The van der Waals surface area contributed by atoms with Crippen LogP contribution in [0.4, 0.5) is 8.78 Å². The fourth-order valence-corrected chi connectivity index (χ4v) is 3.42. The molecule has 1 heterocycles. The molecule has 0 aliphatic heterocycles. The quantitative estimate of drug-likeness (QED) is 0.805. The van der Waals surface area contributed by atoms with Crippen LogP contribution in [0.5, 0.6) is 0 Å². The highest BCUT2D eigenvalue weighted by Gasteiger charge is 2.15. The molecule has 2 aromatic rings. The van der Waals surface area contributed by atoms with Crippen molar-refractivity contribution in [3.63, 3.8) is 0 Å². The lowest BCUT2D eigenvalue weighted by Gasteiger charge is -2.13. The molecule has 1 atom stereocenters. The highest BCUT2D eigenvalue weighted by molar-refractivity contribution is 7.88. The SMILES string of the molecule is Cn1cccc1C(O)CCNS(=O)(=O)Cc1cc(F)cc(F)c1. The minimum atomic E-state index is -3.74. The number of hydrogen-bond donors (Lipinski definition) is 2. The van der Waals surface area contributed by atoms with Crippen molar-refractivity contribution in [2.45, 2.75) is 18.3 Å². The Morgan fingerprint density at radius 2 is 1.91 bits per heavy atom. The normalized spacial score (nSPS) is 13.2. The first-order valence-corrected chi connectivity index (χ1v) is 8.64. The summed E-state index contributed by atoms with van der Waals surface area (Å²) in [5.41, 5.74) is 0.703. The van der Waals surface area contributed by atoms with Crippen molar-refractivity contribution in [2.24, 2.45) is 7.05 Å². The second-order valence-corrected chi connectivity index (χ2v) is 7.09. The van der Waals surface area contributed by atoms with Gasteiger partial charge in [-0.15, -0.1) is 0 Å². The number of nitrogens with zero attached hydrogens (tertiary/aromatic N) is 1. The summed E-state index contributed by atoms with van der Waals surface area (Å²) in [6.45, 7) is 0.0203. The van der Waals surface area contributed by atoms with Gasteiger partial charge in [0.2, 0.25) is 10.0 Å². The maximum atomic E-state index is 13.1. The van der Waals surface area contributed by atoms with Gasteiger partial charge in [-0.05, 0) is 36.2 Å². The minimum Gasteiger partial charge on any atom is -0.387 e. The van der Waals surface area contributed by atoms with E-state index in [2.05, 4.69) is 4.72 Å². The van der Waals surface area contributed by atoms with Gasteiger partial charge in [-0.1, -0.05) is 0 Å². The number of halogens is 2. The lowest BCUT2D eigenvalue weighted by Crippen LogP contribution is -2.27. The van der Waals surface area contributed by atoms with Crippen LogP contribution in [0, 0.1) is 11.6 Å². The Morgan fingerprint density at radius 1 is 1.26 bits per heavy atom. The second kappa shape index (κ2) is 7.20. The van der Waals surface area contributed by atoms with Crippen LogP contribution in [0.2, 0.25) is 0 Å². The molecule has 126 valence electrons. The van der Waals surface area contributed by atoms with Gasteiger partial charge in [-0.2, -0.15) is 0 Å². The third-order valence-corrected chi connectivity index (χ3v) is 4.70. The molecule has 2 rings (SSSR count). The fourth-order valence-electron chi connectivity index (χ4n) is 2.28. The Hall–Kier alpha value is -1.77. The summed E-state index contributed by atoms with van der Waals surface area (Å²) >= 11 is 0. The number of aliphatic hydroxyl groups excluding tert-OH is 1. The molecule has 0 aliphatic rings. The molecule has 0 aliphatic carbocycles. The van der Waals surface area contributed by atoms with Gasteiger partial charge in [-0.3, -0.25) is 0 Å². The number of aliphatic hydroxyl groups is 1. The lowest BCUT2D eigenvalue weighted by molar-refractivity contribution is 0.161. The zero-order valence-corrected chi connectivity index (χ0v) is 13.4. The monoisotopic (exact) mass is 344 g/mol. The molecule has 0 saturated carbocycles. The number of aryl methyl sites for hydroxylation is 1. The average molecular weight is 344 g/mol. The first-order chi connectivity index (χ1) is 10.8. The number of hydrogen-bond acceptors (Lipinski definition) is 3. The van der Waals surface area contributed by atoms with Crippen LogP contribution >= 0.6 is 0 Å². The van der Waals surface area contributed by atoms with E-state index in [0.29, 0.717) is 11.8 Å². The van der Waals surface area contributed by atoms with Crippen LogP contribution in [0.25, 0.3) is 0 Å². The number of rotatable bonds is 7. The molecule has 0 bridgehead atoms. The summed E-state index contributed by atoms with van der Waals surface area (Å²) in [4.78, 5) is 0. The Kier molecular flexibility index (Phi) is 5.51. The smallest absolute Gasteiger partial charge is 0.215 e. The summed E-state index contributed by atoms with van der Waals surface area (Å²) in [5.74, 6) is -2.18. The van der Waals surface area contributed by atoms with Crippen molar-refractivity contribution < 1.29 is 22.3 Å². The third-order valence-electron chi connectivity index (χ3n) is 3.34. The highest BCUT2D eigenvalue weighted by Crippen LogP contribution is 2.16. The van der Waals surface area contributed by atoms with Gasteiger partial charge in [0.1, 0.15) is 11.6 Å². The predicted molar refractivity (Wildman–Crippen MR) is 82.0 cm³/mol. The van der Waals surface area contributed by atoms with E-state index < -0.39 is 33.5 Å². The lowest BCUT2D eigenvalue weighted by atomic mass is 10.2. The van der Waals surface area contributed by atoms with E-state index in [1.807, 2.05) is 0 Å². The molecule has 1 aromatic carbocycles. The molecule has 1 aromatic heterocycles. The molecule has 0 radical (unpaired) electrons. The van der Waals surface area contributed by atoms with Crippen LogP contribution in [0.3, 0.4) is 0 Å².